The number of fused-ring (bicyclic) bond motifs is 6. The molecule has 0 bridgehead atoms. The molecule has 0 unspecified atom stereocenters. The molecule has 2 heterocycles. The first-order valence-corrected chi connectivity index (χ1v) is 21.8. The standard InChI is InChI=1S/C36H37N3O12S4/c1-7-37-26-16-14-22-18-24(52-51-50-40)20-28(54(44,45)46)32(22)34(26)36(3,4)30(37)12-10-9-11-13-31-38(8-2)27-17-15-23-19-25(53(41,42)43)21-29(55(47,48)49)33(23)35(27)39(31,5)6/h9-21H,7-8H2,1-6H3,(H2-2,40,41,42,43,44,45,46,47,48,49)/p+2. The van der Waals surface area contributed by atoms with E-state index in [1.807, 2.05) is 82.8 Å². The van der Waals surface area contributed by atoms with Gasteiger partial charge >= 0.3 is 5.84 Å². The Morgan fingerprint density at radius 2 is 1.47 bits per heavy atom. The molecule has 0 radical (unpaired) electrons. The molecular weight excluding hydrogens is 795 g/mol. The van der Waals surface area contributed by atoms with Crippen molar-refractivity contribution in [1.82, 2.24) is 4.48 Å². The topological polar surface area (TPSA) is 208 Å². The highest BCUT2D eigenvalue weighted by atomic mass is 32.2. The highest BCUT2D eigenvalue weighted by Gasteiger charge is 2.48. The number of anilines is 1. The SMILES string of the molecule is CCN1C(=CC=CC=CC2=[N+](CC)c3ccc4cc(S(=O)(=O)O)cc(S(=O)(=O)O)c4c3[N+]2(C)C)C(C)(C)c2c1ccc1cc(SOOO)cc(S(=O)(=O)O)c21. The fourth-order valence-corrected chi connectivity index (χ4v) is 10.4. The molecule has 0 amide bonds. The van der Waals surface area contributed by atoms with Crippen molar-refractivity contribution in [2.75, 3.05) is 32.1 Å². The molecule has 6 rings (SSSR count). The van der Waals surface area contributed by atoms with E-state index in [4.69, 9.17) is 5.26 Å². The van der Waals surface area contributed by atoms with Crippen molar-refractivity contribution in [2.45, 2.75) is 52.7 Å². The highest BCUT2D eigenvalue weighted by Crippen LogP contribution is 2.52. The van der Waals surface area contributed by atoms with E-state index >= 15 is 0 Å². The maximum absolute atomic E-state index is 12.7. The van der Waals surface area contributed by atoms with Crippen molar-refractivity contribution in [2.24, 2.45) is 0 Å². The van der Waals surface area contributed by atoms with Gasteiger partial charge in [-0.25, -0.2) is 9.74 Å². The molecule has 4 aromatic carbocycles. The molecule has 19 heteroatoms. The molecule has 0 spiro atoms. The van der Waals surface area contributed by atoms with Crippen LogP contribution in [0.5, 0.6) is 0 Å². The number of rotatable bonds is 11. The maximum Gasteiger partial charge on any atom is 0.374 e. The minimum Gasteiger partial charge on any atom is -0.344 e. The summed E-state index contributed by atoms with van der Waals surface area (Å²) in [5.74, 6) is 0.740. The lowest BCUT2D eigenvalue weighted by molar-refractivity contribution is -0.433. The minimum absolute atomic E-state index is 0.0220. The van der Waals surface area contributed by atoms with E-state index in [-0.39, 0.29) is 25.0 Å². The fourth-order valence-electron chi connectivity index (χ4n) is 7.80. The van der Waals surface area contributed by atoms with Gasteiger partial charge in [-0.1, -0.05) is 37.1 Å². The summed E-state index contributed by atoms with van der Waals surface area (Å²) in [5.41, 5.74) is 2.74. The summed E-state index contributed by atoms with van der Waals surface area (Å²) in [6, 6.07) is 11.7. The second-order valence-corrected chi connectivity index (χ2v) is 18.8. The molecule has 0 atom stereocenters. The number of nitrogens with zero attached hydrogens (tertiary/aromatic N) is 3. The number of amidine groups is 1. The molecule has 0 aliphatic carbocycles. The zero-order valence-electron chi connectivity index (χ0n) is 30.4. The van der Waals surface area contributed by atoms with E-state index in [2.05, 4.69) is 14.3 Å². The predicted octanol–water partition coefficient (Wildman–Crippen LogP) is 6.62. The summed E-state index contributed by atoms with van der Waals surface area (Å²) >= 11 is 0.576. The van der Waals surface area contributed by atoms with Crippen LogP contribution in [0.4, 0.5) is 17.1 Å². The van der Waals surface area contributed by atoms with E-state index < -0.39 is 45.6 Å². The van der Waals surface area contributed by atoms with E-state index in [1.54, 1.807) is 24.3 Å². The molecule has 4 aromatic rings. The lowest BCUT2D eigenvalue weighted by Crippen LogP contribution is -2.45. The van der Waals surface area contributed by atoms with E-state index in [1.165, 1.54) is 6.07 Å². The number of benzene rings is 4. The number of allylic oxidation sites excluding steroid dienone is 5. The summed E-state index contributed by atoms with van der Waals surface area (Å²) in [5, 5.41) is 13.5. The average molecular weight is 834 g/mol. The molecule has 55 heavy (non-hydrogen) atoms. The molecule has 4 N–H and O–H groups in total. The number of likely N-dealkylation sites (N-methyl/N-ethyl adjacent to an activating group) is 2. The summed E-state index contributed by atoms with van der Waals surface area (Å²) in [6.07, 6.45) is 9.27. The van der Waals surface area contributed by atoms with Gasteiger partial charge in [0.15, 0.2) is 6.54 Å². The van der Waals surface area contributed by atoms with Crippen LogP contribution in [-0.2, 0) is 45.1 Å². The molecule has 2 aliphatic heterocycles. The van der Waals surface area contributed by atoms with Crippen molar-refractivity contribution in [3.8, 4) is 0 Å². The second kappa shape index (κ2) is 14.2. The Hall–Kier alpha value is -3.99. The van der Waals surface area contributed by atoms with Gasteiger partial charge in [0.2, 0.25) is 5.69 Å². The third-order valence-electron chi connectivity index (χ3n) is 9.95. The quantitative estimate of drug-likeness (QED) is 0.0238. The monoisotopic (exact) mass is 833 g/mol. The molecular formula is C36H39N3O12S4+2. The zero-order chi connectivity index (χ0) is 40.5. The van der Waals surface area contributed by atoms with Crippen LogP contribution in [0.25, 0.3) is 21.5 Å². The molecule has 2 aliphatic rings. The van der Waals surface area contributed by atoms with E-state index in [9.17, 15) is 38.9 Å². The smallest absolute Gasteiger partial charge is 0.344 e. The fraction of sp³-hybridized carbons (Fsp3) is 0.250. The normalized spacial score (nSPS) is 17.8. The van der Waals surface area contributed by atoms with Gasteiger partial charge in [-0.05, 0) is 78.7 Å². The van der Waals surface area contributed by atoms with Gasteiger partial charge in [0, 0.05) is 39.7 Å². The predicted molar refractivity (Wildman–Crippen MR) is 210 cm³/mol. The van der Waals surface area contributed by atoms with Crippen LogP contribution in [0.2, 0.25) is 0 Å². The molecule has 292 valence electrons. The third kappa shape index (κ3) is 7.03. The molecule has 0 aromatic heterocycles. The molecule has 0 saturated heterocycles. The number of hydrogen-bond donors (Lipinski definition) is 4. The Morgan fingerprint density at radius 1 is 0.836 bits per heavy atom. The first-order chi connectivity index (χ1) is 25.6. The van der Waals surface area contributed by atoms with Crippen molar-refractivity contribution < 1.29 is 58.1 Å². The van der Waals surface area contributed by atoms with Crippen LogP contribution in [0.15, 0.2) is 104 Å². The first kappa shape index (κ1) is 40.7. The van der Waals surface area contributed by atoms with Crippen LogP contribution in [0.1, 0.15) is 33.3 Å². The van der Waals surface area contributed by atoms with Crippen LogP contribution in [-0.4, -0.2) is 81.8 Å². The van der Waals surface area contributed by atoms with Crippen LogP contribution in [0.3, 0.4) is 0 Å². The van der Waals surface area contributed by atoms with Crippen molar-refractivity contribution in [3.05, 3.63) is 90.2 Å². The lowest BCUT2D eigenvalue weighted by Gasteiger charge is -2.26. The maximum atomic E-state index is 12.7. The zero-order valence-corrected chi connectivity index (χ0v) is 33.7. The highest BCUT2D eigenvalue weighted by molar-refractivity contribution is 7.94. The molecule has 0 fully saturated rings. The van der Waals surface area contributed by atoms with Gasteiger partial charge in [0.1, 0.15) is 9.79 Å². The Morgan fingerprint density at radius 3 is 2.07 bits per heavy atom. The van der Waals surface area contributed by atoms with Crippen molar-refractivity contribution in [1.29, 1.82) is 0 Å². The summed E-state index contributed by atoms with van der Waals surface area (Å²) < 4.78 is 111. The third-order valence-corrected chi connectivity index (χ3v) is 13.1. The second-order valence-electron chi connectivity index (χ2n) is 13.8. The van der Waals surface area contributed by atoms with Crippen LogP contribution in [0, 0.1) is 0 Å². The van der Waals surface area contributed by atoms with Crippen LogP contribution < -0.4 is 9.38 Å². The van der Waals surface area contributed by atoms with Gasteiger partial charge in [0.05, 0.1) is 42.5 Å². The molecule has 0 saturated carbocycles. The van der Waals surface area contributed by atoms with Crippen LogP contribution >= 0.6 is 12.0 Å². The Balaban J connectivity index is 1.40. The van der Waals surface area contributed by atoms with Crippen molar-refractivity contribution in [3.63, 3.8) is 0 Å². The Labute approximate surface area is 323 Å². The van der Waals surface area contributed by atoms with Gasteiger partial charge in [-0.3, -0.25) is 13.7 Å². The molecule has 15 nitrogen and oxygen atoms in total. The Kier molecular flexibility index (Phi) is 10.5. The van der Waals surface area contributed by atoms with Crippen molar-refractivity contribution >= 4 is 86.8 Å². The van der Waals surface area contributed by atoms with E-state index in [0.717, 1.165) is 29.4 Å². The van der Waals surface area contributed by atoms with Gasteiger partial charge in [-0.2, -0.15) is 25.3 Å². The van der Waals surface area contributed by atoms with Gasteiger partial charge < -0.3 is 4.90 Å². The number of hydrogen-bond acceptors (Lipinski definition) is 11. The number of quaternary nitrogens is 1. The summed E-state index contributed by atoms with van der Waals surface area (Å²) in [7, 11) is -10.8. The minimum atomic E-state index is -4.94. The largest absolute Gasteiger partial charge is 0.374 e. The summed E-state index contributed by atoms with van der Waals surface area (Å²) in [4.78, 5) is 0.708. The van der Waals surface area contributed by atoms with Gasteiger partial charge in [-0.15, -0.1) is 8.91 Å². The lowest BCUT2D eigenvalue weighted by atomic mass is 9.81. The van der Waals surface area contributed by atoms with Gasteiger partial charge in [0.25, 0.3) is 36.0 Å². The first-order valence-electron chi connectivity index (χ1n) is 16.7. The average Bonchev–Trinajstić information content (AvgIpc) is 3.46. The Bertz CT molecular complexity index is 2760. The van der Waals surface area contributed by atoms with E-state index in [0.29, 0.717) is 52.8 Å². The summed E-state index contributed by atoms with van der Waals surface area (Å²) in [6.45, 7) is 8.85.